The van der Waals surface area contributed by atoms with E-state index in [1.165, 1.54) is 38.6 Å². The second-order valence-electron chi connectivity index (χ2n) is 3.92. The van der Waals surface area contributed by atoms with Crippen LogP contribution in [0, 0.1) is 5.92 Å². The third-order valence-corrected chi connectivity index (χ3v) is 2.63. The molecule has 1 aliphatic heterocycles. The van der Waals surface area contributed by atoms with Gasteiger partial charge in [0, 0.05) is 6.04 Å². The van der Waals surface area contributed by atoms with E-state index in [-0.39, 0.29) is 0 Å². The third-order valence-electron chi connectivity index (χ3n) is 2.63. The van der Waals surface area contributed by atoms with Crippen molar-refractivity contribution >= 4 is 0 Å². The fraction of sp³-hybridized carbons (Fsp3) is 1.00. The summed E-state index contributed by atoms with van der Waals surface area (Å²) in [6.07, 6.45) is 6.94. The Morgan fingerprint density at radius 1 is 1.55 bits per heavy atom. The van der Waals surface area contributed by atoms with Crippen molar-refractivity contribution in [2.45, 2.75) is 52.0 Å². The lowest BCUT2D eigenvalue weighted by atomic mass is 9.97. The molecule has 0 saturated carbocycles. The van der Waals surface area contributed by atoms with E-state index in [4.69, 9.17) is 0 Å². The van der Waals surface area contributed by atoms with Gasteiger partial charge in [-0.3, -0.25) is 0 Å². The largest absolute Gasteiger partial charge is 0.314 e. The van der Waals surface area contributed by atoms with E-state index in [1.54, 1.807) is 0 Å². The maximum atomic E-state index is 3.55. The van der Waals surface area contributed by atoms with Crippen LogP contribution in [0.25, 0.3) is 0 Å². The van der Waals surface area contributed by atoms with Crippen molar-refractivity contribution in [3.05, 3.63) is 0 Å². The van der Waals surface area contributed by atoms with Crippen LogP contribution in [0.1, 0.15) is 46.0 Å². The van der Waals surface area contributed by atoms with Crippen LogP contribution in [0.15, 0.2) is 0 Å². The molecule has 0 aliphatic carbocycles. The van der Waals surface area contributed by atoms with E-state index >= 15 is 0 Å². The highest BCUT2D eigenvalue weighted by Gasteiger charge is 2.15. The number of hydrogen-bond donors (Lipinski definition) is 1. The molecule has 1 aliphatic rings. The minimum absolute atomic E-state index is 0.844. The minimum atomic E-state index is 0.844. The maximum Gasteiger partial charge on any atom is 0.00700 e. The van der Waals surface area contributed by atoms with Crippen molar-refractivity contribution < 1.29 is 0 Å². The fourth-order valence-electron chi connectivity index (χ4n) is 2.05. The summed E-state index contributed by atoms with van der Waals surface area (Å²) in [5.41, 5.74) is 0. The van der Waals surface area contributed by atoms with Gasteiger partial charge >= 0.3 is 0 Å². The van der Waals surface area contributed by atoms with Crippen molar-refractivity contribution in [1.82, 2.24) is 5.32 Å². The molecule has 0 spiro atoms. The Kier molecular flexibility index (Phi) is 3.92. The van der Waals surface area contributed by atoms with Gasteiger partial charge in [0.25, 0.3) is 0 Å². The second kappa shape index (κ2) is 4.76. The summed E-state index contributed by atoms with van der Waals surface area (Å²) in [5.74, 6) is 0.926. The summed E-state index contributed by atoms with van der Waals surface area (Å²) < 4.78 is 0. The second-order valence-corrected chi connectivity index (χ2v) is 3.92. The molecular weight excluding hydrogens is 134 g/mol. The molecule has 1 rings (SSSR count). The maximum absolute atomic E-state index is 3.55. The molecule has 1 N–H and O–H groups in total. The van der Waals surface area contributed by atoms with Gasteiger partial charge in [-0.25, -0.2) is 0 Å². The van der Waals surface area contributed by atoms with Crippen LogP contribution < -0.4 is 5.32 Å². The van der Waals surface area contributed by atoms with Crippen LogP contribution in [0.3, 0.4) is 0 Å². The lowest BCUT2D eigenvalue weighted by Crippen LogP contribution is -2.23. The van der Waals surface area contributed by atoms with Gasteiger partial charge in [0.05, 0.1) is 0 Å². The van der Waals surface area contributed by atoms with Gasteiger partial charge in [-0.1, -0.05) is 26.7 Å². The molecule has 1 heterocycles. The summed E-state index contributed by atoms with van der Waals surface area (Å²) in [6.45, 7) is 5.91. The van der Waals surface area contributed by atoms with Crippen LogP contribution in [-0.4, -0.2) is 12.6 Å². The zero-order valence-corrected chi connectivity index (χ0v) is 7.90. The Balaban J connectivity index is 2.08. The molecule has 1 heteroatoms. The number of nitrogens with one attached hydrogen (secondary N) is 1. The van der Waals surface area contributed by atoms with Gasteiger partial charge in [-0.05, 0) is 31.7 Å². The van der Waals surface area contributed by atoms with Crippen LogP contribution >= 0.6 is 0 Å². The molecule has 1 saturated heterocycles. The summed E-state index contributed by atoms with van der Waals surface area (Å²) in [6, 6.07) is 0.844. The topological polar surface area (TPSA) is 12.0 Å². The molecule has 0 radical (unpaired) electrons. The Labute approximate surface area is 70.6 Å². The average molecular weight is 155 g/mol. The van der Waals surface area contributed by atoms with Gasteiger partial charge in [0.1, 0.15) is 0 Å². The third kappa shape index (κ3) is 3.24. The van der Waals surface area contributed by atoms with Crippen molar-refractivity contribution in [3.8, 4) is 0 Å². The first-order valence-electron chi connectivity index (χ1n) is 5.06. The van der Waals surface area contributed by atoms with E-state index < -0.39 is 0 Å². The monoisotopic (exact) mass is 155 g/mol. The molecule has 1 fully saturated rings. The predicted octanol–water partition coefficient (Wildman–Crippen LogP) is 2.56. The molecule has 0 aromatic heterocycles. The molecule has 1 unspecified atom stereocenters. The van der Waals surface area contributed by atoms with Crippen LogP contribution in [-0.2, 0) is 0 Å². The predicted molar refractivity (Wildman–Crippen MR) is 49.7 cm³/mol. The summed E-state index contributed by atoms with van der Waals surface area (Å²) in [7, 11) is 0. The van der Waals surface area contributed by atoms with Crippen LogP contribution in [0.2, 0.25) is 0 Å². The first kappa shape index (κ1) is 9.05. The van der Waals surface area contributed by atoms with Crippen molar-refractivity contribution in [2.75, 3.05) is 6.54 Å². The zero-order valence-electron chi connectivity index (χ0n) is 7.90. The quantitative estimate of drug-likeness (QED) is 0.658. The zero-order chi connectivity index (χ0) is 8.10. The van der Waals surface area contributed by atoms with E-state index in [0.717, 1.165) is 12.0 Å². The van der Waals surface area contributed by atoms with Crippen LogP contribution in [0.5, 0.6) is 0 Å². The SMILES string of the molecule is CCCC(C)C[C@H]1CCCN1. The molecule has 2 atom stereocenters. The smallest absolute Gasteiger partial charge is 0.00700 e. The molecule has 0 aromatic rings. The van der Waals surface area contributed by atoms with Gasteiger partial charge in [-0.15, -0.1) is 0 Å². The molecular formula is C10H21N. The van der Waals surface area contributed by atoms with Crippen LogP contribution in [0.4, 0.5) is 0 Å². The van der Waals surface area contributed by atoms with E-state index in [2.05, 4.69) is 19.2 Å². The lowest BCUT2D eigenvalue weighted by Gasteiger charge is -2.15. The molecule has 1 nitrogen and oxygen atoms in total. The van der Waals surface area contributed by atoms with Crippen molar-refractivity contribution in [2.24, 2.45) is 5.92 Å². The number of hydrogen-bond acceptors (Lipinski definition) is 1. The summed E-state index contributed by atoms with van der Waals surface area (Å²) in [5, 5.41) is 3.55. The highest BCUT2D eigenvalue weighted by molar-refractivity contribution is 4.75. The lowest BCUT2D eigenvalue weighted by molar-refractivity contribution is 0.412. The van der Waals surface area contributed by atoms with Gasteiger partial charge in [0.2, 0.25) is 0 Å². The van der Waals surface area contributed by atoms with Gasteiger partial charge < -0.3 is 5.32 Å². The molecule has 66 valence electrons. The standard InChI is InChI=1S/C10H21N/c1-3-5-9(2)8-10-6-4-7-11-10/h9-11H,3-8H2,1-2H3/t9?,10-/m1/s1. The van der Waals surface area contributed by atoms with E-state index in [9.17, 15) is 0 Å². The highest BCUT2D eigenvalue weighted by Crippen LogP contribution is 2.17. The van der Waals surface area contributed by atoms with Crippen molar-refractivity contribution in [1.29, 1.82) is 0 Å². The van der Waals surface area contributed by atoms with Gasteiger partial charge in [-0.2, -0.15) is 0 Å². The minimum Gasteiger partial charge on any atom is -0.314 e. The Morgan fingerprint density at radius 3 is 2.91 bits per heavy atom. The van der Waals surface area contributed by atoms with E-state index in [1.807, 2.05) is 0 Å². The first-order chi connectivity index (χ1) is 5.33. The normalized spacial score (nSPS) is 27.3. The van der Waals surface area contributed by atoms with E-state index in [0.29, 0.717) is 0 Å². The molecule has 0 bridgehead atoms. The summed E-state index contributed by atoms with van der Waals surface area (Å²) in [4.78, 5) is 0. The van der Waals surface area contributed by atoms with Gasteiger partial charge in [0.15, 0.2) is 0 Å². The summed E-state index contributed by atoms with van der Waals surface area (Å²) >= 11 is 0. The van der Waals surface area contributed by atoms with Crippen molar-refractivity contribution in [3.63, 3.8) is 0 Å². The molecule has 0 aromatic carbocycles. The Morgan fingerprint density at radius 2 is 2.36 bits per heavy atom. The number of rotatable bonds is 4. The average Bonchev–Trinajstić information content (AvgIpc) is 2.40. The first-order valence-corrected chi connectivity index (χ1v) is 5.06. The fourth-order valence-corrected chi connectivity index (χ4v) is 2.05. The Hall–Kier alpha value is -0.0400. The highest BCUT2D eigenvalue weighted by atomic mass is 14.9. The molecule has 11 heavy (non-hydrogen) atoms. The molecule has 0 amide bonds. The Bertz CT molecular complexity index is 95.0.